The first kappa shape index (κ1) is 20.1. The molecule has 1 aliphatic rings. The number of para-hydroxylation sites is 1. The molecule has 0 saturated carbocycles. The Balaban J connectivity index is 1.49. The number of carbonyl (C=O) groups is 2. The molecule has 0 spiro atoms. The number of amides is 2. The van der Waals surface area contributed by atoms with Crippen LogP contribution in [0.1, 0.15) is 29.9 Å². The number of rotatable bonds is 4. The predicted octanol–water partition coefficient (Wildman–Crippen LogP) is 3.62. The van der Waals surface area contributed by atoms with Gasteiger partial charge in [0.2, 0.25) is 0 Å². The van der Waals surface area contributed by atoms with Crippen LogP contribution < -0.4 is 10.6 Å². The molecule has 2 unspecified atom stereocenters. The van der Waals surface area contributed by atoms with E-state index in [1.807, 2.05) is 85.3 Å². The normalized spacial score (nSPS) is 20.4. The lowest BCUT2D eigenvalue weighted by atomic mass is 9.85. The van der Waals surface area contributed by atoms with E-state index < -0.39 is 5.54 Å². The molecule has 2 atom stereocenters. The van der Waals surface area contributed by atoms with E-state index in [1.165, 1.54) is 0 Å². The van der Waals surface area contributed by atoms with Crippen molar-refractivity contribution in [3.63, 3.8) is 0 Å². The highest BCUT2D eigenvalue weighted by Gasteiger charge is 2.45. The molecule has 7 heteroatoms. The maximum Gasteiger partial charge on any atom is 0.267 e. The van der Waals surface area contributed by atoms with Gasteiger partial charge in [-0.1, -0.05) is 55.5 Å². The maximum atomic E-state index is 13.7. The Morgan fingerprint density at radius 2 is 1.94 bits per heavy atom. The first-order chi connectivity index (χ1) is 15.5. The van der Waals surface area contributed by atoms with E-state index >= 15 is 0 Å². The van der Waals surface area contributed by atoms with E-state index in [-0.39, 0.29) is 17.7 Å². The third kappa shape index (κ3) is 3.26. The summed E-state index contributed by atoms with van der Waals surface area (Å²) in [5.41, 5.74) is 2.14. The molecule has 0 radical (unpaired) electrons. The maximum absolute atomic E-state index is 13.7. The summed E-state index contributed by atoms with van der Waals surface area (Å²) in [5, 5.41) is 11.3. The van der Waals surface area contributed by atoms with Gasteiger partial charge < -0.3 is 15.2 Å². The molecule has 0 saturated heterocycles. The highest BCUT2D eigenvalue weighted by Crippen LogP contribution is 2.36. The summed E-state index contributed by atoms with van der Waals surface area (Å²) in [6, 6.07) is 19.7. The third-order valence-corrected chi connectivity index (χ3v) is 6.47. The second kappa shape index (κ2) is 7.67. The van der Waals surface area contributed by atoms with E-state index in [0.717, 1.165) is 16.5 Å². The lowest BCUT2D eigenvalue weighted by molar-refractivity contribution is -0.125. The van der Waals surface area contributed by atoms with Gasteiger partial charge in [0.15, 0.2) is 0 Å². The second-order valence-electron chi connectivity index (χ2n) is 8.55. The van der Waals surface area contributed by atoms with Crippen molar-refractivity contribution in [2.45, 2.75) is 25.9 Å². The zero-order chi connectivity index (χ0) is 22.3. The number of fused-ring (bicyclic) bond motifs is 3. The van der Waals surface area contributed by atoms with Gasteiger partial charge >= 0.3 is 0 Å². The van der Waals surface area contributed by atoms with E-state index in [1.54, 1.807) is 10.9 Å². The van der Waals surface area contributed by atoms with Gasteiger partial charge in [0, 0.05) is 29.6 Å². The first-order valence-electron chi connectivity index (χ1n) is 10.7. The van der Waals surface area contributed by atoms with Crippen LogP contribution in [0.5, 0.6) is 0 Å². The van der Waals surface area contributed by atoms with E-state index in [4.69, 9.17) is 0 Å². The van der Waals surface area contributed by atoms with Crippen LogP contribution in [0.4, 0.5) is 5.69 Å². The van der Waals surface area contributed by atoms with Gasteiger partial charge in [-0.2, -0.15) is 5.10 Å². The molecule has 2 amide bonds. The average Bonchev–Trinajstić information content (AvgIpc) is 3.39. The van der Waals surface area contributed by atoms with Crippen molar-refractivity contribution in [2.75, 3.05) is 11.9 Å². The van der Waals surface area contributed by atoms with Crippen LogP contribution in [0.2, 0.25) is 0 Å². The van der Waals surface area contributed by atoms with E-state index in [2.05, 4.69) is 15.7 Å². The fourth-order valence-corrected chi connectivity index (χ4v) is 4.45. The lowest BCUT2D eigenvalue weighted by Crippen LogP contribution is -2.49. The van der Waals surface area contributed by atoms with Crippen LogP contribution in [-0.2, 0) is 16.9 Å². The van der Waals surface area contributed by atoms with Crippen molar-refractivity contribution >= 4 is 28.4 Å². The van der Waals surface area contributed by atoms with Crippen LogP contribution in [0, 0.1) is 5.92 Å². The van der Waals surface area contributed by atoms with Gasteiger partial charge in [0.1, 0.15) is 11.2 Å². The number of anilines is 1. The van der Waals surface area contributed by atoms with Gasteiger partial charge in [0.05, 0.1) is 18.4 Å². The summed E-state index contributed by atoms with van der Waals surface area (Å²) in [7, 11) is 0. The number of nitrogens with one attached hydrogen (secondary N) is 2. The molecule has 0 fully saturated rings. The predicted molar refractivity (Wildman–Crippen MR) is 123 cm³/mol. The molecule has 162 valence electrons. The molecule has 32 heavy (non-hydrogen) atoms. The van der Waals surface area contributed by atoms with Crippen molar-refractivity contribution in [1.29, 1.82) is 0 Å². The SMILES string of the molecule is CC1CNC(=O)c2cc3ccccc3n2C1(C)C(=O)Nc1cnn(Cc2ccccc2)c1. The Morgan fingerprint density at radius 3 is 2.75 bits per heavy atom. The van der Waals surface area contributed by atoms with Crippen LogP contribution in [0.25, 0.3) is 10.9 Å². The monoisotopic (exact) mass is 427 g/mol. The van der Waals surface area contributed by atoms with Crippen LogP contribution >= 0.6 is 0 Å². The highest BCUT2D eigenvalue weighted by molar-refractivity contribution is 6.03. The summed E-state index contributed by atoms with van der Waals surface area (Å²) in [6.07, 6.45) is 3.48. The minimum atomic E-state index is -0.973. The number of carbonyl (C=O) groups excluding carboxylic acids is 2. The molecule has 5 rings (SSSR count). The van der Waals surface area contributed by atoms with Crippen molar-refractivity contribution < 1.29 is 9.59 Å². The third-order valence-electron chi connectivity index (χ3n) is 6.47. The first-order valence-corrected chi connectivity index (χ1v) is 10.7. The van der Waals surface area contributed by atoms with Gasteiger partial charge in [0.25, 0.3) is 11.8 Å². The zero-order valence-electron chi connectivity index (χ0n) is 18.1. The Bertz CT molecular complexity index is 1310. The van der Waals surface area contributed by atoms with Crippen molar-refractivity contribution in [1.82, 2.24) is 19.7 Å². The molecule has 2 aromatic carbocycles. The Hall–Kier alpha value is -3.87. The zero-order valence-corrected chi connectivity index (χ0v) is 18.1. The highest BCUT2D eigenvalue weighted by atomic mass is 16.2. The summed E-state index contributed by atoms with van der Waals surface area (Å²) >= 11 is 0. The average molecular weight is 428 g/mol. The molecule has 7 nitrogen and oxygen atoms in total. The Labute approximate surface area is 186 Å². The number of hydrogen-bond acceptors (Lipinski definition) is 3. The molecule has 2 N–H and O–H groups in total. The van der Waals surface area contributed by atoms with Crippen molar-refractivity contribution in [3.05, 3.63) is 84.3 Å². The summed E-state index contributed by atoms with van der Waals surface area (Å²) < 4.78 is 3.68. The molecule has 1 aliphatic heterocycles. The number of benzene rings is 2. The quantitative estimate of drug-likeness (QED) is 0.522. The number of aromatic nitrogens is 3. The van der Waals surface area contributed by atoms with Crippen molar-refractivity contribution in [2.24, 2.45) is 5.92 Å². The standard InChI is InChI=1S/C25H25N5O2/c1-17-13-26-23(31)22-12-19-10-6-7-11-21(19)30(22)25(17,2)24(32)28-20-14-27-29(16-20)15-18-8-4-3-5-9-18/h3-12,14,16-17H,13,15H2,1-2H3,(H,26,31)(H,28,32). The van der Waals surface area contributed by atoms with Crippen LogP contribution in [0.3, 0.4) is 0 Å². The largest absolute Gasteiger partial charge is 0.350 e. The molecular formula is C25H25N5O2. The number of nitrogens with zero attached hydrogens (tertiary/aromatic N) is 3. The molecular weight excluding hydrogens is 402 g/mol. The Morgan fingerprint density at radius 1 is 1.19 bits per heavy atom. The number of hydrogen-bond donors (Lipinski definition) is 2. The van der Waals surface area contributed by atoms with Gasteiger partial charge in [-0.05, 0) is 24.6 Å². The van der Waals surface area contributed by atoms with Crippen LogP contribution in [-0.4, -0.2) is 32.7 Å². The second-order valence-corrected chi connectivity index (χ2v) is 8.55. The van der Waals surface area contributed by atoms with Gasteiger partial charge in [-0.15, -0.1) is 0 Å². The topological polar surface area (TPSA) is 81.0 Å². The minimum absolute atomic E-state index is 0.136. The Kier molecular flexibility index (Phi) is 4.81. The fourth-order valence-electron chi connectivity index (χ4n) is 4.45. The van der Waals surface area contributed by atoms with Gasteiger partial charge in [-0.3, -0.25) is 14.3 Å². The fraction of sp³-hybridized carbons (Fsp3) is 0.240. The summed E-state index contributed by atoms with van der Waals surface area (Å²) in [4.78, 5) is 26.5. The smallest absolute Gasteiger partial charge is 0.267 e. The van der Waals surface area contributed by atoms with Crippen LogP contribution in [0.15, 0.2) is 73.1 Å². The van der Waals surface area contributed by atoms with E-state index in [9.17, 15) is 9.59 Å². The molecule has 2 aromatic heterocycles. The summed E-state index contributed by atoms with van der Waals surface area (Å²) in [5.74, 6) is -0.480. The lowest BCUT2D eigenvalue weighted by Gasteiger charge is -2.35. The molecule has 0 aliphatic carbocycles. The minimum Gasteiger partial charge on any atom is -0.350 e. The molecule has 0 bridgehead atoms. The molecule has 3 heterocycles. The molecule has 4 aromatic rings. The summed E-state index contributed by atoms with van der Waals surface area (Å²) in [6.45, 7) is 4.92. The van der Waals surface area contributed by atoms with E-state index in [0.29, 0.717) is 24.5 Å². The van der Waals surface area contributed by atoms with Crippen molar-refractivity contribution in [3.8, 4) is 0 Å². The van der Waals surface area contributed by atoms with Gasteiger partial charge in [-0.25, -0.2) is 0 Å².